The van der Waals surface area contributed by atoms with Crippen LogP contribution in [0.2, 0.25) is 5.02 Å². The standard InChI is InChI=1S/C21H19ClN2O3/c1-3-27-20-18(22)10-14(11-19(20)26-2)13-23-24-21(25)17-9-8-15-6-4-5-7-16(15)12-17/h4-13H,3H2,1-2H3,(H,24,25)/b23-13+. The molecule has 1 N–H and O–H groups in total. The fourth-order valence-corrected chi connectivity index (χ4v) is 2.93. The van der Waals surface area contributed by atoms with Crippen molar-refractivity contribution in [3.8, 4) is 11.5 Å². The Kier molecular flexibility index (Phi) is 5.94. The summed E-state index contributed by atoms with van der Waals surface area (Å²) in [7, 11) is 1.54. The van der Waals surface area contributed by atoms with Gasteiger partial charge in [0.2, 0.25) is 0 Å². The summed E-state index contributed by atoms with van der Waals surface area (Å²) in [5, 5.41) is 6.50. The number of fused-ring (bicyclic) bond motifs is 1. The van der Waals surface area contributed by atoms with Crippen LogP contribution < -0.4 is 14.9 Å². The summed E-state index contributed by atoms with van der Waals surface area (Å²) >= 11 is 6.23. The van der Waals surface area contributed by atoms with Crippen molar-refractivity contribution in [3.63, 3.8) is 0 Å². The largest absolute Gasteiger partial charge is 0.493 e. The lowest BCUT2D eigenvalue weighted by Crippen LogP contribution is -2.17. The van der Waals surface area contributed by atoms with Gasteiger partial charge in [0, 0.05) is 5.56 Å². The molecule has 27 heavy (non-hydrogen) atoms. The van der Waals surface area contributed by atoms with Crippen LogP contribution in [-0.4, -0.2) is 25.8 Å². The summed E-state index contributed by atoms with van der Waals surface area (Å²) in [6.45, 7) is 2.35. The van der Waals surface area contributed by atoms with Crippen molar-refractivity contribution in [3.05, 3.63) is 70.7 Å². The highest BCUT2D eigenvalue weighted by molar-refractivity contribution is 6.32. The molecule has 3 aromatic carbocycles. The Morgan fingerprint density at radius 3 is 2.67 bits per heavy atom. The van der Waals surface area contributed by atoms with Crippen molar-refractivity contribution in [1.82, 2.24) is 5.43 Å². The summed E-state index contributed by atoms with van der Waals surface area (Å²) < 4.78 is 10.8. The number of hydrogen-bond donors (Lipinski definition) is 1. The van der Waals surface area contributed by atoms with Gasteiger partial charge in [0.1, 0.15) is 0 Å². The zero-order valence-electron chi connectivity index (χ0n) is 15.0. The maximum Gasteiger partial charge on any atom is 0.271 e. The topological polar surface area (TPSA) is 59.9 Å². The first-order chi connectivity index (χ1) is 13.1. The molecule has 0 unspecified atom stereocenters. The summed E-state index contributed by atoms with van der Waals surface area (Å²) in [4.78, 5) is 12.3. The van der Waals surface area contributed by atoms with Gasteiger partial charge in [0.25, 0.3) is 5.91 Å². The minimum Gasteiger partial charge on any atom is -0.493 e. The molecule has 1 amide bonds. The number of amides is 1. The van der Waals surface area contributed by atoms with Crippen LogP contribution in [-0.2, 0) is 0 Å². The fourth-order valence-electron chi connectivity index (χ4n) is 2.66. The Bertz CT molecular complexity index is 1000. The van der Waals surface area contributed by atoms with Crippen LogP contribution in [0.5, 0.6) is 11.5 Å². The van der Waals surface area contributed by atoms with Crippen molar-refractivity contribution in [2.75, 3.05) is 13.7 Å². The number of methoxy groups -OCH3 is 1. The quantitative estimate of drug-likeness (QED) is 0.498. The van der Waals surface area contributed by atoms with Crippen LogP contribution in [0, 0.1) is 0 Å². The number of carbonyl (C=O) groups is 1. The second kappa shape index (κ2) is 8.56. The number of ether oxygens (including phenoxy) is 2. The molecule has 0 heterocycles. The van der Waals surface area contributed by atoms with Crippen LogP contribution in [0.3, 0.4) is 0 Å². The Hall–Kier alpha value is -3.05. The van der Waals surface area contributed by atoms with Crippen molar-refractivity contribution in [2.24, 2.45) is 5.10 Å². The van der Waals surface area contributed by atoms with Crippen LogP contribution in [0.25, 0.3) is 10.8 Å². The number of hydrogen-bond acceptors (Lipinski definition) is 4. The molecular formula is C21H19ClN2O3. The van der Waals surface area contributed by atoms with Crippen LogP contribution in [0.4, 0.5) is 0 Å². The molecule has 0 fully saturated rings. The van der Waals surface area contributed by atoms with Gasteiger partial charge in [-0.25, -0.2) is 5.43 Å². The van der Waals surface area contributed by atoms with E-state index < -0.39 is 0 Å². The molecule has 0 aliphatic heterocycles. The van der Waals surface area contributed by atoms with Gasteiger partial charge >= 0.3 is 0 Å². The lowest BCUT2D eigenvalue weighted by atomic mass is 10.1. The first-order valence-corrected chi connectivity index (χ1v) is 8.82. The maximum absolute atomic E-state index is 12.3. The van der Waals surface area contributed by atoms with E-state index in [1.54, 1.807) is 18.2 Å². The van der Waals surface area contributed by atoms with Gasteiger partial charge in [-0.15, -0.1) is 0 Å². The monoisotopic (exact) mass is 382 g/mol. The molecule has 0 spiro atoms. The van der Waals surface area contributed by atoms with Gasteiger partial charge in [-0.1, -0.05) is 41.9 Å². The summed E-state index contributed by atoms with van der Waals surface area (Å²) in [5.41, 5.74) is 3.74. The minimum absolute atomic E-state index is 0.291. The average molecular weight is 383 g/mol. The molecule has 0 saturated carbocycles. The number of halogens is 1. The Balaban J connectivity index is 1.74. The SMILES string of the molecule is CCOc1c(Cl)cc(/C=N/NC(=O)c2ccc3ccccc3c2)cc1OC. The summed E-state index contributed by atoms with van der Waals surface area (Å²) in [5.74, 6) is 0.701. The Morgan fingerprint density at radius 2 is 1.93 bits per heavy atom. The number of benzene rings is 3. The van der Waals surface area contributed by atoms with Crippen LogP contribution >= 0.6 is 11.6 Å². The normalized spacial score (nSPS) is 10.9. The highest BCUT2D eigenvalue weighted by atomic mass is 35.5. The van der Waals surface area contributed by atoms with Gasteiger partial charge in [-0.2, -0.15) is 5.10 Å². The van der Waals surface area contributed by atoms with E-state index in [1.165, 1.54) is 13.3 Å². The molecule has 3 rings (SSSR count). The third-order valence-corrected chi connectivity index (χ3v) is 4.21. The molecule has 6 heteroatoms. The van der Waals surface area contributed by atoms with Crippen molar-refractivity contribution >= 4 is 34.5 Å². The zero-order valence-corrected chi connectivity index (χ0v) is 15.8. The van der Waals surface area contributed by atoms with E-state index in [9.17, 15) is 4.79 Å². The van der Waals surface area contributed by atoms with Gasteiger partial charge in [-0.3, -0.25) is 4.79 Å². The molecule has 0 aliphatic rings. The van der Waals surface area contributed by atoms with Crippen molar-refractivity contribution < 1.29 is 14.3 Å². The molecule has 0 aromatic heterocycles. The summed E-state index contributed by atoms with van der Waals surface area (Å²) in [6, 6.07) is 16.8. The van der Waals surface area contributed by atoms with E-state index in [0.29, 0.717) is 34.3 Å². The first-order valence-electron chi connectivity index (χ1n) is 8.45. The van der Waals surface area contributed by atoms with E-state index >= 15 is 0 Å². The highest BCUT2D eigenvalue weighted by Gasteiger charge is 2.11. The van der Waals surface area contributed by atoms with Gasteiger partial charge in [-0.05, 0) is 47.5 Å². The second-order valence-corrected chi connectivity index (χ2v) is 6.14. The predicted molar refractivity (Wildman–Crippen MR) is 108 cm³/mol. The molecule has 5 nitrogen and oxygen atoms in total. The molecule has 0 aliphatic carbocycles. The van der Waals surface area contributed by atoms with E-state index in [2.05, 4.69) is 10.5 Å². The Morgan fingerprint density at radius 1 is 1.15 bits per heavy atom. The van der Waals surface area contributed by atoms with E-state index in [0.717, 1.165) is 10.8 Å². The van der Waals surface area contributed by atoms with E-state index in [4.69, 9.17) is 21.1 Å². The smallest absolute Gasteiger partial charge is 0.271 e. The first kappa shape index (κ1) is 18.7. The van der Waals surface area contributed by atoms with E-state index in [-0.39, 0.29) is 5.91 Å². The number of carbonyl (C=O) groups excluding carboxylic acids is 1. The lowest BCUT2D eigenvalue weighted by molar-refractivity contribution is 0.0955. The number of nitrogens with one attached hydrogen (secondary N) is 1. The Labute approximate surface area is 162 Å². The maximum atomic E-state index is 12.3. The number of hydrazone groups is 1. The highest BCUT2D eigenvalue weighted by Crippen LogP contribution is 2.35. The molecule has 0 atom stereocenters. The fraction of sp³-hybridized carbons (Fsp3) is 0.143. The average Bonchev–Trinajstić information content (AvgIpc) is 2.69. The molecule has 0 saturated heterocycles. The molecule has 0 bridgehead atoms. The minimum atomic E-state index is -0.291. The molecule has 3 aromatic rings. The van der Waals surface area contributed by atoms with E-state index in [1.807, 2.05) is 43.3 Å². The number of nitrogens with zero attached hydrogens (tertiary/aromatic N) is 1. The van der Waals surface area contributed by atoms with Crippen molar-refractivity contribution in [1.29, 1.82) is 0 Å². The lowest BCUT2D eigenvalue weighted by Gasteiger charge is -2.11. The van der Waals surface area contributed by atoms with Gasteiger partial charge in [0.05, 0.1) is 25.0 Å². The zero-order chi connectivity index (χ0) is 19.2. The predicted octanol–water partition coefficient (Wildman–Crippen LogP) is 4.66. The molecular weight excluding hydrogens is 364 g/mol. The van der Waals surface area contributed by atoms with Gasteiger partial charge < -0.3 is 9.47 Å². The van der Waals surface area contributed by atoms with Crippen LogP contribution in [0.15, 0.2) is 59.7 Å². The second-order valence-electron chi connectivity index (χ2n) is 5.73. The number of rotatable bonds is 6. The summed E-state index contributed by atoms with van der Waals surface area (Å²) in [6.07, 6.45) is 1.50. The van der Waals surface area contributed by atoms with Crippen LogP contribution in [0.1, 0.15) is 22.8 Å². The third-order valence-electron chi connectivity index (χ3n) is 3.93. The van der Waals surface area contributed by atoms with Crippen molar-refractivity contribution in [2.45, 2.75) is 6.92 Å². The van der Waals surface area contributed by atoms with Gasteiger partial charge in [0.15, 0.2) is 11.5 Å². The third kappa shape index (κ3) is 4.38. The molecule has 0 radical (unpaired) electrons. The molecule has 138 valence electrons.